The fourth-order valence-corrected chi connectivity index (χ4v) is 2.62. The summed E-state index contributed by atoms with van der Waals surface area (Å²) in [7, 11) is 0. The molecule has 96 valence electrons. The summed E-state index contributed by atoms with van der Waals surface area (Å²) >= 11 is 7.70. The van der Waals surface area contributed by atoms with Crippen molar-refractivity contribution in [3.8, 4) is 11.8 Å². The summed E-state index contributed by atoms with van der Waals surface area (Å²) in [5.41, 5.74) is 0.560. The van der Waals surface area contributed by atoms with E-state index in [9.17, 15) is 0 Å². The average molecular weight is 290 g/mol. The van der Waals surface area contributed by atoms with Crippen LogP contribution in [-0.2, 0) is 0 Å². The molecule has 0 amide bonds. The van der Waals surface area contributed by atoms with Crippen molar-refractivity contribution in [2.24, 2.45) is 0 Å². The van der Waals surface area contributed by atoms with E-state index in [1.807, 2.05) is 36.4 Å². The zero-order chi connectivity index (χ0) is 13.5. The van der Waals surface area contributed by atoms with E-state index in [0.29, 0.717) is 17.9 Å². The van der Waals surface area contributed by atoms with Crippen LogP contribution in [0.15, 0.2) is 53.4 Å². The highest BCUT2D eigenvalue weighted by atomic mass is 35.5. The van der Waals surface area contributed by atoms with Gasteiger partial charge in [0.05, 0.1) is 17.2 Å². The van der Waals surface area contributed by atoms with Gasteiger partial charge in [0, 0.05) is 10.6 Å². The quantitative estimate of drug-likeness (QED) is 0.605. The van der Waals surface area contributed by atoms with Gasteiger partial charge in [-0.15, -0.1) is 11.8 Å². The molecule has 19 heavy (non-hydrogen) atoms. The van der Waals surface area contributed by atoms with Crippen LogP contribution in [-0.4, -0.2) is 12.4 Å². The van der Waals surface area contributed by atoms with Gasteiger partial charge in [0.1, 0.15) is 11.8 Å². The van der Waals surface area contributed by atoms with Gasteiger partial charge in [0.15, 0.2) is 0 Å². The van der Waals surface area contributed by atoms with Crippen LogP contribution in [0.25, 0.3) is 0 Å². The lowest BCUT2D eigenvalue weighted by molar-refractivity contribution is 0.343. The molecule has 0 spiro atoms. The zero-order valence-electron chi connectivity index (χ0n) is 10.2. The van der Waals surface area contributed by atoms with Crippen molar-refractivity contribution in [3.05, 3.63) is 59.1 Å². The minimum atomic E-state index is 0.536. The minimum absolute atomic E-state index is 0.536. The fourth-order valence-electron chi connectivity index (χ4n) is 1.55. The van der Waals surface area contributed by atoms with Gasteiger partial charge in [-0.25, -0.2) is 0 Å². The van der Waals surface area contributed by atoms with E-state index in [0.717, 1.165) is 15.7 Å². The molecule has 0 saturated carbocycles. The number of ether oxygens (including phenoxy) is 1. The molecule has 0 saturated heterocycles. The van der Waals surface area contributed by atoms with Crippen molar-refractivity contribution >= 4 is 23.4 Å². The number of nitrogens with zero attached hydrogens (tertiary/aromatic N) is 1. The topological polar surface area (TPSA) is 33.0 Å². The van der Waals surface area contributed by atoms with Crippen molar-refractivity contribution in [3.63, 3.8) is 0 Å². The lowest BCUT2D eigenvalue weighted by Gasteiger charge is -2.08. The summed E-state index contributed by atoms with van der Waals surface area (Å²) in [6.45, 7) is 0.536. The molecule has 0 aromatic heterocycles. The average Bonchev–Trinajstić information content (AvgIpc) is 2.45. The number of rotatable bonds is 5. The second-order valence-electron chi connectivity index (χ2n) is 3.74. The molecule has 2 aromatic rings. The smallest absolute Gasteiger partial charge is 0.137 e. The van der Waals surface area contributed by atoms with Crippen LogP contribution in [0.4, 0.5) is 0 Å². The highest BCUT2D eigenvalue weighted by molar-refractivity contribution is 7.99. The predicted octanol–water partition coefficient (Wildman–Crippen LogP) is 4.38. The molecule has 0 fully saturated rings. The number of halogens is 1. The Hall–Kier alpha value is -1.63. The van der Waals surface area contributed by atoms with Crippen LogP contribution in [0, 0.1) is 11.3 Å². The molecule has 0 aliphatic carbocycles. The third-order valence-corrected chi connectivity index (χ3v) is 3.92. The molecule has 2 nitrogen and oxygen atoms in total. The van der Waals surface area contributed by atoms with Crippen molar-refractivity contribution < 1.29 is 4.74 Å². The molecule has 0 heterocycles. The molecular weight excluding hydrogens is 278 g/mol. The fraction of sp³-hybridized carbons (Fsp3) is 0.133. The molecule has 0 aliphatic rings. The Morgan fingerprint density at radius 3 is 2.63 bits per heavy atom. The summed E-state index contributed by atoms with van der Waals surface area (Å²) in [5.74, 6) is 1.41. The molecule has 2 rings (SSSR count). The Labute approximate surface area is 122 Å². The monoisotopic (exact) mass is 289 g/mol. The molecule has 2 aromatic carbocycles. The van der Waals surface area contributed by atoms with Crippen molar-refractivity contribution in [1.29, 1.82) is 5.26 Å². The Bertz CT molecular complexity index is 595. The Morgan fingerprint density at radius 2 is 1.84 bits per heavy atom. The van der Waals surface area contributed by atoms with Crippen molar-refractivity contribution in [2.45, 2.75) is 4.90 Å². The van der Waals surface area contributed by atoms with Crippen LogP contribution in [0.5, 0.6) is 5.75 Å². The lowest BCUT2D eigenvalue weighted by atomic mass is 10.2. The van der Waals surface area contributed by atoms with Gasteiger partial charge in [0.25, 0.3) is 0 Å². The van der Waals surface area contributed by atoms with Gasteiger partial charge in [-0.1, -0.05) is 35.9 Å². The summed E-state index contributed by atoms with van der Waals surface area (Å²) in [6, 6.07) is 17.1. The van der Waals surface area contributed by atoms with Crippen LogP contribution >= 0.6 is 23.4 Å². The number of benzene rings is 2. The SMILES string of the molecule is N#Cc1ccccc1OCCSc1ccccc1Cl. The number of hydrogen-bond donors (Lipinski definition) is 0. The first-order valence-electron chi connectivity index (χ1n) is 5.80. The zero-order valence-corrected chi connectivity index (χ0v) is 11.7. The highest BCUT2D eigenvalue weighted by Crippen LogP contribution is 2.26. The number of hydrogen-bond acceptors (Lipinski definition) is 3. The maximum absolute atomic E-state index is 8.94. The Kier molecular flexibility index (Phi) is 5.14. The van der Waals surface area contributed by atoms with E-state index in [1.165, 1.54) is 0 Å². The molecule has 0 bridgehead atoms. The van der Waals surface area contributed by atoms with E-state index >= 15 is 0 Å². The molecule has 0 aliphatic heterocycles. The summed E-state index contributed by atoms with van der Waals surface area (Å²) in [4.78, 5) is 1.04. The van der Waals surface area contributed by atoms with Crippen LogP contribution in [0.3, 0.4) is 0 Å². The van der Waals surface area contributed by atoms with Gasteiger partial charge >= 0.3 is 0 Å². The van der Waals surface area contributed by atoms with Crippen molar-refractivity contribution in [1.82, 2.24) is 0 Å². The standard InChI is InChI=1S/C15H12ClNOS/c16-13-6-2-4-8-15(13)19-10-9-18-14-7-3-1-5-12(14)11-17/h1-8H,9-10H2. The second-order valence-corrected chi connectivity index (χ2v) is 5.28. The highest BCUT2D eigenvalue weighted by Gasteiger charge is 2.02. The first-order chi connectivity index (χ1) is 9.31. The van der Waals surface area contributed by atoms with Crippen LogP contribution in [0.1, 0.15) is 5.56 Å². The summed E-state index contributed by atoms with van der Waals surface area (Å²) < 4.78 is 5.60. The third-order valence-electron chi connectivity index (χ3n) is 2.44. The first-order valence-corrected chi connectivity index (χ1v) is 7.17. The number of thioether (sulfide) groups is 1. The number of nitriles is 1. The number of para-hydroxylation sites is 1. The molecule has 0 unspecified atom stereocenters. The third kappa shape index (κ3) is 3.92. The predicted molar refractivity (Wildman–Crippen MR) is 78.8 cm³/mol. The molecule has 0 atom stereocenters. The van der Waals surface area contributed by atoms with Crippen LogP contribution < -0.4 is 4.74 Å². The van der Waals surface area contributed by atoms with E-state index in [-0.39, 0.29) is 0 Å². The van der Waals surface area contributed by atoms with Gasteiger partial charge in [0.2, 0.25) is 0 Å². The molecule has 0 radical (unpaired) electrons. The van der Waals surface area contributed by atoms with E-state index < -0.39 is 0 Å². The molecule has 0 N–H and O–H groups in total. The van der Waals surface area contributed by atoms with Gasteiger partial charge in [-0.05, 0) is 24.3 Å². The van der Waals surface area contributed by atoms with Crippen LogP contribution in [0.2, 0.25) is 5.02 Å². The normalized spacial score (nSPS) is 9.89. The lowest BCUT2D eigenvalue weighted by Crippen LogP contribution is -2.01. The molecular formula is C15H12ClNOS. The van der Waals surface area contributed by atoms with E-state index in [4.69, 9.17) is 21.6 Å². The first kappa shape index (κ1) is 13.8. The minimum Gasteiger partial charge on any atom is -0.491 e. The largest absolute Gasteiger partial charge is 0.491 e. The van der Waals surface area contributed by atoms with Gasteiger partial charge in [-0.2, -0.15) is 5.26 Å². The van der Waals surface area contributed by atoms with E-state index in [1.54, 1.807) is 23.9 Å². The van der Waals surface area contributed by atoms with Gasteiger partial charge < -0.3 is 4.74 Å². The second kappa shape index (κ2) is 7.08. The maximum Gasteiger partial charge on any atom is 0.137 e. The summed E-state index contributed by atoms with van der Waals surface area (Å²) in [6.07, 6.45) is 0. The van der Waals surface area contributed by atoms with Crippen molar-refractivity contribution in [2.75, 3.05) is 12.4 Å². The maximum atomic E-state index is 8.94. The Balaban J connectivity index is 1.85. The van der Waals surface area contributed by atoms with E-state index in [2.05, 4.69) is 6.07 Å². The van der Waals surface area contributed by atoms with Gasteiger partial charge in [-0.3, -0.25) is 0 Å². The molecule has 4 heteroatoms. The summed E-state index contributed by atoms with van der Waals surface area (Å²) in [5, 5.41) is 9.69. The Morgan fingerprint density at radius 1 is 1.11 bits per heavy atom.